The molecule has 2 N–H and O–H groups in total. The van der Waals surface area contributed by atoms with Crippen LogP contribution in [-0.2, 0) is 4.74 Å². The second-order valence-electron chi connectivity index (χ2n) is 4.60. The van der Waals surface area contributed by atoms with Crippen LogP contribution in [0, 0.1) is 0 Å². The van der Waals surface area contributed by atoms with Gasteiger partial charge in [-0.3, -0.25) is 4.79 Å². The summed E-state index contributed by atoms with van der Waals surface area (Å²) in [4.78, 5) is 11.1. The molecule has 5 heteroatoms. The van der Waals surface area contributed by atoms with Gasteiger partial charge >= 0.3 is 0 Å². The van der Waals surface area contributed by atoms with E-state index in [1.807, 2.05) is 12.1 Å². The Morgan fingerprint density at radius 1 is 1.26 bits per heavy atom. The quantitative estimate of drug-likeness (QED) is 0.918. The van der Waals surface area contributed by atoms with E-state index in [9.17, 15) is 4.79 Å². The molecule has 19 heavy (non-hydrogen) atoms. The fourth-order valence-electron chi connectivity index (χ4n) is 2.19. The van der Waals surface area contributed by atoms with Crippen LogP contribution in [0.5, 0.6) is 5.75 Å². The van der Waals surface area contributed by atoms with E-state index >= 15 is 0 Å². The largest absolute Gasteiger partial charge is 0.490 e. The van der Waals surface area contributed by atoms with Crippen LogP contribution in [0.25, 0.3) is 11.0 Å². The molecule has 1 aromatic carbocycles. The highest BCUT2D eigenvalue weighted by Crippen LogP contribution is 2.26. The first-order valence-corrected chi connectivity index (χ1v) is 6.30. The number of carbonyl (C=O) groups is 1. The van der Waals surface area contributed by atoms with E-state index in [-0.39, 0.29) is 11.9 Å². The number of ether oxygens (including phenoxy) is 2. The van der Waals surface area contributed by atoms with Gasteiger partial charge in [0.1, 0.15) is 17.4 Å². The molecule has 5 nitrogen and oxygen atoms in total. The van der Waals surface area contributed by atoms with Crippen LogP contribution in [0.3, 0.4) is 0 Å². The molecule has 0 aliphatic carbocycles. The maximum atomic E-state index is 11.1. The van der Waals surface area contributed by atoms with Crippen molar-refractivity contribution in [2.45, 2.75) is 18.9 Å². The molecule has 1 aliphatic rings. The zero-order valence-electron chi connectivity index (χ0n) is 10.4. The van der Waals surface area contributed by atoms with Crippen molar-refractivity contribution in [1.82, 2.24) is 0 Å². The minimum atomic E-state index is -0.567. The van der Waals surface area contributed by atoms with Crippen LogP contribution >= 0.6 is 0 Å². The Balaban J connectivity index is 1.82. The Labute approximate surface area is 110 Å². The Kier molecular flexibility index (Phi) is 3.13. The number of amides is 1. The summed E-state index contributed by atoms with van der Waals surface area (Å²) < 4.78 is 16.5. The van der Waals surface area contributed by atoms with Gasteiger partial charge in [-0.2, -0.15) is 0 Å². The minimum Gasteiger partial charge on any atom is -0.490 e. The molecular weight excluding hydrogens is 246 g/mol. The molecule has 0 spiro atoms. The van der Waals surface area contributed by atoms with E-state index in [0.29, 0.717) is 5.58 Å². The Bertz CT molecular complexity index is 599. The highest BCUT2D eigenvalue weighted by atomic mass is 16.5. The number of furan rings is 1. The van der Waals surface area contributed by atoms with Gasteiger partial charge in [0, 0.05) is 24.3 Å². The van der Waals surface area contributed by atoms with E-state index in [1.54, 1.807) is 12.1 Å². The van der Waals surface area contributed by atoms with Crippen molar-refractivity contribution >= 4 is 16.9 Å². The number of benzene rings is 1. The molecule has 1 fully saturated rings. The number of fused-ring (bicyclic) bond motifs is 1. The monoisotopic (exact) mass is 261 g/mol. The summed E-state index contributed by atoms with van der Waals surface area (Å²) in [5, 5.41) is 0.841. The van der Waals surface area contributed by atoms with E-state index in [2.05, 4.69) is 0 Å². The van der Waals surface area contributed by atoms with Crippen molar-refractivity contribution in [2.75, 3.05) is 13.2 Å². The van der Waals surface area contributed by atoms with Crippen LogP contribution in [0.1, 0.15) is 23.4 Å². The maximum Gasteiger partial charge on any atom is 0.284 e. The van der Waals surface area contributed by atoms with Crippen LogP contribution in [0.4, 0.5) is 0 Å². The molecule has 0 saturated carbocycles. The van der Waals surface area contributed by atoms with E-state index in [0.717, 1.165) is 37.2 Å². The first-order valence-electron chi connectivity index (χ1n) is 6.30. The summed E-state index contributed by atoms with van der Waals surface area (Å²) in [6, 6.07) is 7.16. The lowest BCUT2D eigenvalue weighted by Crippen LogP contribution is -2.25. The number of nitrogens with two attached hydrogens (primary N) is 1. The van der Waals surface area contributed by atoms with E-state index in [1.165, 1.54) is 0 Å². The number of hydrogen-bond donors (Lipinski definition) is 1. The molecule has 100 valence electrons. The third-order valence-corrected chi connectivity index (χ3v) is 3.21. The molecular formula is C14H15NO4. The van der Waals surface area contributed by atoms with Crippen molar-refractivity contribution in [3.05, 3.63) is 30.0 Å². The topological polar surface area (TPSA) is 74.7 Å². The lowest BCUT2D eigenvalue weighted by molar-refractivity contribution is 0.0256. The fourth-order valence-corrected chi connectivity index (χ4v) is 2.19. The summed E-state index contributed by atoms with van der Waals surface area (Å²) in [6.45, 7) is 1.47. The summed E-state index contributed by atoms with van der Waals surface area (Å²) in [5.74, 6) is 0.339. The predicted molar refractivity (Wildman–Crippen MR) is 69.2 cm³/mol. The van der Waals surface area contributed by atoms with Gasteiger partial charge in [0.25, 0.3) is 5.91 Å². The van der Waals surface area contributed by atoms with Crippen molar-refractivity contribution in [3.8, 4) is 5.75 Å². The molecule has 1 amide bonds. The Morgan fingerprint density at radius 2 is 2.05 bits per heavy atom. The highest BCUT2D eigenvalue weighted by Gasteiger charge is 2.16. The third-order valence-electron chi connectivity index (χ3n) is 3.21. The molecule has 2 aromatic rings. The molecule has 0 unspecified atom stereocenters. The van der Waals surface area contributed by atoms with Crippen LogP contribution in [0.15, 0.2) is 28.7 Å². The molecule has 1 aromatic heterocycles. The lowest BCUT2D eigenvalue weighted by atomic mass is 10.1. The highest BCUT2D eigenvalue weighted by molar-refractivity contribution is 5.95. The summed E-state index contributed by atoms with van der Waals surface area (Å²) in [6.07, 6.45) is 1.96. The van der Waals surface area contributed by atoms with Gasteiger partial charge in [0.05, 0.1) is 13.2 Å². The second-order valence-corrected chi connectivity index (χ2v) is 4.60. The Morgan fingerprint density at radius 3 is 2.79 bits per heavy atom. The number of primary amides is 1. The molecule has 0 atom stereocenters. The second kappa shape index (κ2) is 4.93. The summed E-state index contributed by atoms with van der Waals surface area (Å²) >= 11 is 0. The van der Waals surface area contributed by atoms with E-state index < -0.39 is 5.91 Å². The predicted octanol–water partition coefficient (Wildman–Crippen LogP) is 2.09. The summed E-state index contributed by atoms with van der Waals surface area (Å²) in [7, 11) is 0. The smallest absolute Gasteiger partial charge is 0.284 e. The molecule has 3 rings (SSSR count). The molecule has 0 bridgehead atoms. The zero-order chi connectivity index (χ0) is 13.2. The third kappa shape index (κ3) is 2.56. The standard InChI is InChI=1S/C14H15NO4/c15-14(16)13-7-9-1-2-11(8-12(9)19-13)18-10-3-5-17-6-4-10/h1-2,7-8,10H,3-6H2,(H2,15,16). The van der Waals surface area contributed by atoms with Crippen molar-refractivity contribution in [3.63, 3.8) is 0 Å². The maximum absolute atomic E-state index is 11.1. The SMILES string of the molecule is NC(=O)c1cc2ccc(OC3CCOCC3)cc2o1. The van der Waals surface area contributed by atoms with Gasteiger partial charge in [-0.15, -0.1) is 0 Å². The lowest BCUT2D eigenvalue weighted by Gasteiger charge is -2.23. The average Bonchev–Trinajstić information content (AvgIpc) is 2.83. The zero-order valence-corrected chi connectivity index (χ0v) is 10.4. The van der Waals surface area contributed by atoms with Gasteiger partial charge in [0.2, 0.25) is 0 Å². The van der Waals surface area contributed by atoms with Gasteiger partial charge < -0.3 is 19.6 Å². The van der Waals surface area contributed by atoms with Crippen LogP contribution in [-0.4, -0.2) is 25.2 Å². The molecule has 1 saturated heterocycles. The van der Waals surface area contributed by atoms with Gasteiger partial charge in [-0.25, -0.2) is 0 Å². The van der Waals surface area contributed by atoms with Crippen LogP contribution < -0.4 is 10.5 Å². The van der Waals surface area contributed by atoms with E-state index in [4.69, 9.17) is 19.6 Å². The Hall–Kier alpha value is -2.01. The van der Waals surface area contributed by atoms with Crippen molar-refractivity contribution in [1.29, 1.82) is 0 Å². The van der Waals surface area contributed by atoms with Crippen molar-refractivity contribution in [2.24, 2.45) is 5.73 Å². The molecule has 0 radical (unpaired) electrons. The minimum absolute atomic E-state index is 0.165. The van der Waals surface area contributed by atoms with Gasteiger partial charge in [-0.1, -0.05) is 0 Å². The van der Waals surface area contributed by atoms with Gasteiger partial charge in [0.15, 0.2) is 5.76 Å². The normalized spacial score (nSPS) is 16.6. The fraction of sp³-hybridized carbons (Fsp3) is 0.357. The summed E-state index contributed by atoms with van der Waals surface area (Å²) in [5.41, 5.74) is 5.80. The average molecular weight is 261 g/mol. The first-order chi connectivity index (χ1) is 9.22. The number of rotatable bonds is 3. The molecule has 1 aliphatic heterocycles. The van der Waals surface area contributed by atoms with Crippen LogP contribution in [0.2, 0.25) is 0 Å². The number of hydrogen-bond acceptors (Lipinski definition) is 4. The van der Waals surface area contributed by atoms with Gasteiger partial charge in [-0.05, 0) is 18.2 Å². The number of carbonyl (C=O) groups excluding carboxylic acids is 1. The first kappa shape index (κ1) is 12.0. The van der Waals surface area contributed by atoms with Crippen molar-refractivity contribution < 1.29 is 18.7 Å². The molecule has 2 heterocycles.